The zero-order chi connectivity index (χ0) is 26.2. The molecule has 0 aliphatic carbocycles. The van der Waals surface area contributed by atoms with Gasteiger partial charge in [0.2, 0.25) is 15.9 Å². The van der Waals surface area contributed by atoms with Crippen LogP contribution in [-0.2, 0) is 26.4 Å². The number of aromatic nitrogens is 2. The third kappa shape index (κ3) is 5.91. The van der Waals surface area contributed by atoms with Crippen molar-refractivity contribution in [2.75, 3.05) is 18.9 Å². The van der Waals surface area contributed by atoms with Crippen molar-refractivity contribution < 1.29 is 26.4 Å². The third-order valence-electron chi connectivity index (χ3n) is 5.32. The molecule has 7 nitrogen and oxygen atoms in total. The molecule has 0 aliphatic heterocycles. The molecule has 0 fully saturated rings. The number of benzene rings is 2. The van der Waals surface area contributed by atoms with E-state index < -0.39 is 39.1 Å². The number of hydrogen-bond acceptors (Lipinski definition) is 4. The first-order chi connectivity index (χ1) is 16.1. The Bertz CT molecular complexity index is 1340. The number of carbonyl (C=O) groups is 1. The van der Waals surface area contributed by atoms with Gasteiger partial charge in [-0.05, 0) is 36.8 Å². The number of sulfonamides is 1. The van der Waals surface area contributed by atoms with Crippen molar-refractivity contribution in [1.82, 2.24) is 14.1 Å². The number of nitrogens with zero attached hydrogens (tertiary/aromatic N) is 3. The summed E-state index contributed by atoms with van der Waals surface area (Å²) in [5, 5.41) is 7.33. The molecule has 1 amide bonds. The Kier molecular flexibility index (Phi) is 7.14. The van der Waals surface area contributed by atoms with Gasteiger partial charge in [0.1, 0.15) is 5.82 Å². The Labute approximate surface area is 202 Å². The minimum atomic E-state index is -4.69. The highest BCUT2D eigenvalue weighted by molar-refractivity contribution is 7.89. The Morgan fingerprint density at radius 2 is 1.71 bits per heavy atom. The molecular weight excluding hydrogens is 481 g/mol. The van der Waals surface area contributed by atoms with Crippen molar-refractivity contribution in [2.24, 2.45) is 0 Å². The van der Waals surface area contributed by atoms with Crippen molar-refractivity contribution in [3.63, 3.8) is 0 Å². The molecule has 1 aromatic heterocycles. The number of para-hydroxylation sites is 1. The van der Waals surface area contributed by atoms with Crippen LogP contribution < -0.4 is 5.32 Å². The van der Waals surface area contributed by atoms with Crippen LogP contribution in [0.4, 0.5) is 19.0 Å². The molecule has 0 unspecified atom stereocenters. The first kappa shape index (κ1) is 26.4. The first-order valence-electron chi connectivity index (χ1n) is 10.7. The first-order valence-corrected chi connectivity index (χ1v) is 12.1. The average Bonchev–Trinajstić information content (AvgIpc) is 3.17. The van der Waals surface area contributed by atoms with E-state index in [1.165, 1.54) is 0 Å². The van der Waals surface area contributed by atoms with Crippen LogP contribution in [0.2, 0.25) is 0 Å². The maximum Gasteiger partial charge on any atom is 0.416 e. The van der Waals surface area contributed by atoms with Gasteiger partial charge in [-0.1, -0.05) is 45.0 Å². The lowest BCUT2D eigenvalue weighted by Crippen LogP contribution is -2.35. The third-order valence-corrected chi connectivity index (χ3v) is 7.12. The number of amides is 1. The van der Waals surface area contributed by atoms with Crippen molar-refractivity contribution in [1.29, 1.82) is 0 Å². The summed E-state index contributed by atoms with van der Waals surface area (Å²) in [5.41, 5.74) is 0.949. The zero-order valence-electron chi connectivity index (χ0n) is 20.0. The van der Waals surface area contributed by atoms with Crippen LogP contribution >= 0.6 is 0 Å². The predicted molar refractivity (Wildman–Crippen MR) is 127 cm³/mol. The van der Waals surface area contributed by atoms with E-state index in [-0.39, 0.29) is 5.41 Å². The normalized spacial score (nSPS) is 12.7. The van der Waals surface area contributed by atoms with Gasteiger partial charge in [0.15, 0.2) is 0 Å². The molecule has 0 radical (unpaired) electrons. The van der Waals surface area contributed by atoms with Gasteiger partial charge in [-0.3, -0.25) is 4.79 Å². The lowest BCUT2D eigenvalue weighted by Gasteiger charge is -2.18. The largest absolute Gasteiger partial charge is 0.416 e. The summed E-state index contributed by atoms with van der Waals surface area (Å²) in [5.74, 6) is -0.322. The Hall–Kier alpha value is -3.18. The minimum absolute atomic E-state index is 0.322. The van der Waals surface area contributed by atoms with Gasteiger partial charge in [-0.2, -0.15) is 22.6 Å². The molecule has 188 valence electrons. The van der Waals surface area contributed by atoms with E-state index >= 15 is 0 Å². The Morgan fingerprint density at radius 3 is 2.31 bits per heavy atom. The monoisotopic (exact) mass is 508 g/mol. The molecule has 3 aromatic rings. The average molecular weight is 509 g/mol. The van der Waals surface area contributed by atoms with Gasteiger partial charge in [0.25, 0.3) is 0 Å². The fraction of sp³-hybridized carbons (Fsp3) is 0.333. The van der Waals surface area contributed by atoms with Crippen molar-refractivity contribution in [3.8, 4) is 5.69 Å². The molecular formula is C24H27F3N4O3S. The van der Waals surface area contributed by atoms with Crippen LogP contribution in [0.25, 0.3) is 5.69 Å². The van der Waals surface area contributed by atoms with Gasteiger partial charge in [-0.15, -0.1) is 0 Å². The molecule has 0 spiro atoms. The van der Waals surface area contributed by atoms with Crippen LogP contribution in [0.1, 0.15) is 37.6 Å². The van der Waals surface area contributed by atoms with Crippen LogP contribution in [0.3, 0.4) is 0 Å². The molecule has 0 atom stereocenters. The number of nitrogens with one attached hydrogen (secondary N) is 1. The number of alkyl halides is 3. The van der Waals surface area contributed by atoms with Crippen LogP contribution in [0.15, 0.2) is 59.5 Å². The molecule has 11 heteroatoms. The molecule has 2 aromatic carbocycles. The highest BCUT2D eigenvalue weighted by Crippen LogP contribution is 2.31. The number of aryl methyl sites for hydroxylation is 1. The summed E-state index contributed by atoms with van der Waals surface area (Å²) >= 11 is 0. The van der Waals surface area contributed by atoms with Crippen molar-refractivity contribution in [2.45, 2.75) is 44.2 Å². The smallest absolute Gasteiger partial charge is 0.309 e. The molecule has 1 N–H and O–H groups in total. The molecule has 0 aliphatic rings. The summed E-state index contributed by atoms with van der Waals surface area (Å²) in [4.78, 5) is 12.3. The Balaban J connectivity index is 1.87. The molecule has 0 saturated carbocycles. The van der Waals surface area contributed by atoms with Crippen LogP contribution in [0.5, 0.6) is 0 Å². The van der Waals surface area contributed by atoms with E-state index in [4.69, 9.17) is 0 Å². The maximum absolute atomic E-state index is 13.0. The van der Waals surface area contributed by atoms with Crippen LogP contribution in [0, 0.1) is 6.92 Å². The number of anilines is 1. The van der Waals surface area contributed by atoms with Crippen molar-refractivity contribution >= 4 is 21.7 Å². The second-order valence-electron chi connectivity index (χ2n) is 9.20. The molecule has 1 heterocycles. The van der Waals surface area contributed by atoms with Gasteiger partial charge < -0.3 is 5.32 Å². The predicted octanol–water partition coefficient (Wildman–Crippen LogP) is 4.76. The van der Waals surface area contributed by atoms with Gasteiger partial charge in [0, 0.05) is 18.5 Å². The van der Waals surface area contributed by atoms with E-state index in [1.807, 2.05) is 52.0 Å². The number of rotatable bonds is 6. The van der Waals surface area contributed by atoms with E-state index in [2.05, 4.69) is 10.4 Å². The lowest BCUT2D eigenvalue weighted by molar-refractivity contribution is -0.137. The number of hydrogen-bond donors (Lipinski definition) is 1. The highest BCUT2D eigenvalue weighted by Gasteiger charge is 2.33. The van der Waals surface area contributed by atoms with E-state index in [9.17, 15) is 26.4 Å². The highest BCUT2D eigenvalue weighted by atomic mass is 32.2. The fourth-order valence-electron chi connectivity index (χ4n) is 3.30. The van der Waals surface area contributed by atoms with E-state index in [0.29, 0.717) is 21.9 Å². The van der Waals surface area contributed by atoms with Gasteiger partial charge >= 0.3 is 6.18 Å². The topological polar surface area (TPSA) is 84.3 Å². The van der Waals surface area contributed by atoms with E-state index in [0.717, 1.165) is 36.5 Å². The Morgan fingerprint density at radius 1 is 1.06 bits per heavy atom. The van der Waals surface area contributed by atoms with Crippen molar-refractivity contribution in [3.05, 3.63) is 71.4 Å². The summed E-state index contributed by atoms with van der Waals surface area (Å²) in [6.07, 6.45) is -4.69. The second-order valence-corrected chi connectivity index (χ2v) is 11.2. The standard InChI is InChI=1S/C24H27F3N4O3S/c1-16-9-6-7-12-19(16)31-21(14-20(29-31)23(2,3)4)28-22(32)15-30(5)35(33,34)18-11-8-10-17(13-18)24(25,26)27/h6-14H,15H2,1-5H3,(H,28,32). The van der Waals surface area contributed by atoms with Gasteiger partial charge in [-0.25, -0.2) is 13.1 Å². The van der Waals surface area contributed by atoms with E-state index in [1.54, 1.807) is 10.7 Å². The fourth-order valence-corrected chi connectivity index (χ4v) is 4.48. The number of likely N-dealkylation sites (N-methyl/N-ethyl adjacent to an activating group) is 1. The SMILES string of the molecule is Cc1ccccc1-n1nc(C(C)(C)C)cc1NC(=O)CN(C)S(=O)(=O)c1cccc(C(F)(F)F)c1. The molecule has 3 rings (SSSR count). The maximum atomic E-state index is 13.0. The quantitative estimate of drug-likeness (QED) is 0.521. The summed E-state index contributed by atoms with van der Waals surface area (Å²) < 4.78 is 67.0. The molecule has 0 saturated heterocycles. The molecule has 0 bridgehead atoms. The zero-order valence-corrected chi connectivity index (χ0v) is 20.8. The lowest BCUT2D eigenvalue weighted by atomic mass is 9.92. The summed E-state index contributed by atoms with van der Waals surface area (Å²) in [6.45, 7) is 7.20. The van der Waals surface area contributed by atoms with Gasteiger partial charge in [0.05, 0.1) is 28.4 Å². The summed E-state index contributed by atoms with van der Waals surface area (Å²) in [6, 6.07) is 12.6. The number of halogens is 3. The summed E-state index contributed by atoms with van der Waals surface area (Å²) in [7, 11) is -3.21. The second kappa shape index (κ2) is 9.46. The minimum Gasteiger partial charge on any atom is -0.309 e. The van der Waals surface area contributed by atoms with Crippen LogP contribution in [-0.4, -0.2) is 42.0 Å². The number of carbonyl (C=O) groups excluding carboxylic acids is 1. The molecule has 35 heavy (non-hydrogen) atoms.